The van der Waals surface area contributed by atoms with Gasteiger partial charge in [-0.15, -0.1) is 4.13 Å². The highest BCUT2D eigenvalue weighted by molar-refractivity contribution is 8.06. The van der Waals surface area contributed by atoms with Gasteiger partial charge >= 0.3 is 32.0 Å². The van der Waals surface area contributed by atoms with Crippen LogP contribution in [0.1, 0.15) is 12.5 Å². The Hall–Kier alpha value is -2.15. The van der Waals surface area contributed by atoms with E-state index in [1.165, 1.54) is 24.3 Å². The fourth-order valence-corrected chi connectivity index (χ4v) is 7.46. The van der Waals surface area contributed by atoms with Crippen molar-refractivity contribution in [2.24, 2.45) is 0 Å². The molecule has 0 atom stereocenters. The average molecular weight is 667 g/mol. The molecule has 11 nitrogen and oxygen atoms in total. The van der Waals surface area contributed by atoms with E-state index in [0.29, 0.717) is 11.1 Å². The van der Waals surface area contributed by atoms with Crippen molar-refractivity contribution in [2.45, 2.75) is 28.9 Å². The van der Waals surface area contributed by atoms with Crippen LogP contribution < -0.4 is 13.0 Å². The van der Waals surface area contributed by atoms with Crippen molar-refractivity contribution < 1.29 is 77.9 Å². The third kappa shape index (κ3) is 7.14. The van der Waals surface area contributed by atoms with E-state index in [9.17, 15) is 73.2 Å². The molecular weight excluding hydrogens is 651 g/mol. The van der Waals surface area contributed by atoms with E-state index >= 15 is 0 Å². The minimum Gasteiger partial charge on any atom is -0.492 e. The summed E-state index contributed by atoms with van der Waals surface area (Å²) >= 11 is 0. The monoisotopic (exact) mass is 666 g/mol. The SMILES string of the molecule is C=C(C)c1ccc(OCCS(=O)(=O)NS(=O)(=O)C(F)(F)C(F)(F)C(F)(F)S(=O)(=O)NS(=O)(=O)C(F)(F)F)cc1. The van der Waals surface area contributed by atoms with E-state index < -0.39 is 78.5 Å². The van der Waals surface area contributed by atoms with Crippen LogP contribution in [0.5, 0.6) is 5.75 Å². The van der Waals surface area contributed by atoms with Crippen LogP contribution in [0, 0.1) is 0 Å². The number of allylic oxidation sites excluding steroid dienone is 1. The van der Waals surface area contributed by atoms with Crippen LogP contribution in [0.4, 0.5) is 39.5 Å². The first-order valence-corrected chi connectivity index (χ1v) is 15.3. The van der Waals surface area contributed by atoms with Crippen molar-refractivity contribution in [1.29, 1.82) is 0 Å². The van der Waals surface area contributed by atoms with Crippen LogP contribution in [0.3, 0.4) is 0 Å². The molecule has 24 heteroatoms. The number of halogens is 9. The molecule has 0 bridgehead atoms. The molecular formula is C15H15F9N2O9S4. The maximum absolute atomic E-state index is 14.0. The van der Waals surface area contributed by atoms with Crippen LogP contribution in [-0.4, -0.2) is 68.0 Å². The Morgan fingerprint density at radius 3 is 1.54 bits per heavy atom. The minimum absolute atomic E-state index is 0.0386. The topological polar surface area (TPSA) is 170 Å². The molecule has 226 valence electrons. The van der Waals surface area contributed by atoms with Crippen molar-refractivity contribution >= 4 is 45.7 Å². The molecule has 0 aliphatic carbocycles. The van der Waals surface area contributed by atoms with E-state index in [0.717, 1.165) is 0 Å². The summed E-state index contributed by atoms with van der Waals surface area (Å²) in [5.74, 6) is -9.42. The van der Waals surface area contributed by atoms with Crippen LogP contribution in [-0.2, 0) is 40.1 Å². The molecule has 0 heterocycles. The summed E-state index contributed by atoms with van der Waals surface area (Å²) in [7, 11) is -28.6. The maximum atomic E-state index is 14.0. The van der Waals surface area contributed by atoms with E-state index in [1.807, 2.05) is 0 Å². The van der Waals surface area contributed by atoms with E-state index in [2.05, 4.69) is 6.58 Å². The van der Waals surface area contributed by atoms with Gasteiger partial charge in [0, 0.05) is 0 Å². The zero-order valence-electron chi connectivity index (χ0n) is 18.6. The zero-order chi connectivity index (χ0) is 31.1. The number of alkyl halides is 9. The van der Waals surface area contributed by atoms with Gasteiger partial charge in [-0.1, -0.05) is 28.4 Å². The Morgan fingerprint density at radius 2 is 1.15 bits per heavy atom. The van der Waals surface area contributed by atoms with Gasteiger partial charge < -0.3 is 4.74 Å². The molecule has 2 N–H and O–H groups in total. The number of sulfonamides is 4. The molecule has 0 aromatic heterocycles. The third-order valence-electron chi connectivity index (χ3n) is 4.13. The largest absolute Gasteiger partial charge is 0.512 e. The molecule has 0 saturated heterocycles. The van der Waals surface area contributed by atoms with Crippen LogP contribution in [0.15, 0.2) is 30.8 Å². The minimum atomic E-state index is -7.99. The lowest BCUT2D eigenvalue weighted by atomic mass is 10.1. The number of benzene rings is 1. The standard InChI is InChI=1S/C15H15F9N2O9S4/c1-9(2)10-3-5-11(6-4-10)35-7-8-36(27,28)25-37(29,30)13(18,19)12(16,17)14(20,21)38(31,32)26-39(33,34)15(22,23)24/h3-6,25-26H,1,7-8H2,2H3. The highest BCUT2D eigenvalue weighted by atomic mass is 32.3. The second-order valence-corrected chi connectivity index (χ2v) is 14.7. The summed E-state index contributed by atoms with van der Waals surface area (Å²) < 4.78 is 215. The normalized spacial score (nSPS) is 14.7. The number of hydrogen-bond acceptors (Lipinski definition) is 9. The molecule has 39 heavy (non-hydrogen) atoms. The Bertz CT molecular complexity index is 1520. The smallest absolute Gasteiger partial charge is 0.492 e. The van der Waals surface area contributed by atoms with E-state index in [4.69, 9.17) is 4.74 Å². The van der Waals surface area contributed by atoms with Crippen LogP contribution in [0.2, 0.25) is 0 Å². The second-order valence-electron chi connectivity index (χ2n) is 7.20. The first-order chi connectivity index (χ1) is 17.0. The maximum Gasteiger partial charge on any atom is 0.512 e. The van der Waals surface area contributed by atoms with Crippen molar-refractivity contribution in [2.75, 3.05) is 12.4 Å². The number of hydrogen-bond donors (Lipinski definition) is 2. The Labute approximate surface area is 215 Å². The second kappa shape index (κ2) is 10.7. The summed E-state index contributed by atoms with van der Waals surface area (Å²) in [6.07, 6.45) is 0. The lowest BCUT2D eigenvalue weighted by Gasteiger charge is -2.31. The molecule has 0 spiro atoms. The summed E-state index contributed by atoms with van der Waals surface area (Å²) in [6.45, 7) is 4.21. The summed E-state index contributed by atoms with van der Waals surface area (Å²) in [5.41, 5.74) is -5.52. The van der Waals surface area contributed by atoms with Crippen LogP contribution >= 0.6 is 0 Å². The van der Waals surface area contributed by atoms with Gasteiger partial charge in [-0.3, -0.25) is 0 Å². The number of nitrogens with one attached hydrogen (secondary N) is 2. The lowest BCUT2D eigenvalue weighted by molar-refractivity contribution is -0.244. The van der Waals surface area contributed by atoms with Crippen LogP contribution in [0.25, 0.3) is 5.57 Å². The molecule has 0 amide bonds. The number of ether oxygens (including phenoxy) is 1. The number of rotatable bonds is 13. The lowest BCUT2D eigenvalue weighted by Crippen LogP contribution is -2.65. The quantitative estimate of drug-likeness (QED) is 0.299. The van der Waals surface area contributed by atoms with Gasteiger partial charge in [0.15, 0.2) is 0 Å². The van der Waals surface area contributed by atoms with Gasteiger partial charge in [0.2, 0.25) is 10.0 Å². The highest BCUT2D eigenvalue weighted by Gasteiger charge is 2.83. The Morgan fingerprint density at radius 1 is 0.744 bits per heavy atom. The van der Waals surface area contributed by atoms with Crippen molar-refractivity contribution in [3.8, 4) is 5.75 Å². The Balaban J connectivity index is 3.20. The zero-order valence-corrected chi connectivity index (χ0v) is 21.9. The fourth-order valence-electron chi connectivity index (χ4n) is 2.12. The summed E-state index contributed by atoms with van der Waals surface area (Å²) in [4.78, 5) is 0. The van der Waals surface area contributed by atoms with Crippen molar-refractivity contribution in [1.82, 2.24) is 8.25 Å². The molecule has 0 saturated carbocycles. The molecule has 0 aliphatic heterocycles. The predicted octanol–water partition coefficient (Wildman–Crippen LogP) is 1.94. The van der Waals surface area contributed by atoms with Crippen molar-refractivity contribution in [3.05, 3.63) is 36.4 Å². The third-order valence-corrected chi connectivity index (χ3v) is 11.0. The molecule has 1 rings (SSSR count). The van der Waals surface area contributed by atoms with Gasteiger partial charge in [0.1, 0.15) is 12.4 Å². The van der Waals surface area contributed by atoms with Gasteiger partial charge in [0.05, 0.1) is 5.75 Å². The molecule has 1 aromatic carbocycles. The van der Waals surface area contributed by atoms with E-state index in [-0.39, 0.29) is 9.88 Å². The molecule has 0 radical (unpaired) electrons. The molecule has 0 unspecified atom stereocenters. The predicted molar refractivity (Wildman–Crippen MR) is 114 cm³/mol. The first kappa shape index (κ1) is 34.9. The summed E-state index contributed by atoms with van der Waals surface area (Å²) in [5, 5.41) is -15.0. The van der Waals surface area contributed by atoms with Gasteiger partial charge in [-0.05, 0) is 24.6 Å². The Kier molecular flexibility index (Phi) is 9.55. The molecule has 0 aliphatic rings. The van der Waals surface area contributed by atoms with Crippen molar-refractivity contribution in [3.63, 3.8) is 0 Å². The molecule has 0 fully saturated rings. The van der Waals surface area contributed by atoms with Gasteiger partial charge in [-0.25, -0.2) is 33.7 Å². The average Bonchev–Trinajstić information content (AvgIpc) is 2.71. The fraction of sp³-hybridized carbons (Fsp3) is 0.467. The van der Waals surface area contributed by atoms with Gasteiger partial charge in [-0.2, -0.15) is 39.5 Å². The first-order valence-electron chi connectivity index (χ1n) is 9.17. The molecule has 1 aromatic rings. The highest BCUT2D eigenvalue weighted by Crippen LogP contribution is 2.50. The van der Waals surface area contributed by atoms with E-state index in [1.54, 1.807) is 6.92 Å². The summed E-state index contributed by atoms with van der Waals surface area (Å²) in [6, 6.07) is 5.37. The van der Waals surface area contributed by atoms with Gasteiger partial charge in [0.25, 0.3) is 20.0 Å².